The number of nitrogens with zero attached hydrogens (tertiary/aromatic N) is 3. The highest BCUT2D eigenvalue weighted by molar-refractivity contribution is 5.82. The van der Waals surface area contributed by atoms with Gasteiger partial charge in [0.2, 0.25) is 5.91 Å². The number of rotatable bonds is 3. The number of amides is 1. The Bertz CT molecular complexity index is 508. The lowest BCUT2D eigenvalue weighted by molar-refractivity contribution is -0.136. The monoisotopic (exact) mass is 306 g/mol. The highest BCUT2D eigenvalue weighted by Crippen LogP contribution is 2.18. The maximum atomic E-state index is 12.6. The number of piperidine rings is 1. The Morgan fingerprint density at radius 3 is 2.82 bits per heavy atom. The molecule has 3 heterocycles. The molecule has 2 atom stereocenters. The molecule has 2 saturated heterocycles. The van der Waals surface area contributed by atoms with Crippen LogP contribution in [0.5, 0.6) is 0 Å². The van der Waals surface area contributed by atoms with Gasteiger partial charge in [0, 0.05) is 32.2 Å². The van der Waals surface area contributed by atoms with Gasteiger partial charge in [0.25, 0.3) is 0 Å². The molecule has 2 aliphatic heterocycles. The first-order chi connectivity index (χ1) is 10.6. The lowest BCUT2D eigenvalue weighted by Crippen LogP contribution is -2.55. The number of aromatic nitrogens is 1. The average molecular weight is 306 g/mol. The van der Waals surface area contributed by atoms with E-state index in [1.807, 2.05) is 17.9 Å². The summed E-state index contributed by atoms with van der Waals surface area (Å²) in [5, 5.41) is 7.29. The van der Waals surface area contributed by atoms with Crippen molar-refractivity contribution in [1.29, 1.82) is 0 Å². The van der Waals surface area contributed by atoms with Crippen molar-refractivity contribution < 1.29 is 9.32 Å². The summed E-state index contributed by atoms with van der Waals surface area (Å²) in [7, 11) is 0. The fourth-order valence-corrected chi connectivity index (χ4v) is 3.35. The zero-order chi connectivity index (χ0) is 15.5. The van der Waals surface area contributed by atoms with Crippen LogP contribution in [0.1, 0.15) is 31.2 Å². The van der Waals surface area contributed by atoms with Gasteiger partial charge in [0.15, 0.2) is 5.76 Å². The second kappa shape index (κ2) is 6.79. The van der Waals surface area contributed by atoms with Gasteiger partial charge in [-0.05, 0) is 32.2 Å². The third-order valence-corrected chi connectivity index (χ3v) is 4.70. The van der Waals surface area contributed by atoms with Gasteiger partial charge < -0.3 is 14.7 Å². The Morgan fingerprint density at radius 2 is 2.18 bits per heavy atom. The molecule has 3 rings (SSSR count). The molecule has 0 spiro atoms. The van der Waals surface area contributed by atoms with Gasteiger partial charge in [-0.15, -0.1) is 0 Å². The van der Waals surface area contributed by atoms with Crippen molar-refractivity contribution in [2.45, 2.75) is 39.3 Å². The van der Waals surface area contributed by atoms with Crippen LogP contribution in [0, 0.1) is 12.8 Å². The molecule has 6 heteroatoms. The van der Waals surface area contributed by atoms with Crippen LogP contribution >= 0.6 is 0 Å². The van der Waals surface area contributed by atoms with E-state index in [-0.39, 0.29) is 11.9 Å². The molecule has 2 fully saturated rings. The van der Waals surface area contributed by atoms with Crippen molar-refractivity contribution in [3.63, 3.8) is 0 Å². The van der Waals surface area contributed by atoms with Gasteiger partial charge in [-0.2, -0.15) is 0 Å². The topological polar surface area (TPSA) is 61.6 Å². The highest BCUT2D eigenvalue weighted by Gasteiger charge is 2.30. The van der Waals surface area contributed by atoms with Crippen LogP contribution in [-0.4, -0.2) is 59.6 Å². The predicted molar refractivity (Wildman–Crippen MR) is 83.3 cm³/mol. The van der Waals surface area contributed by atoms with Crippen LogP contribution in [0.15, 0.2) is 10.6 Å². The maximum Gasteiger partial charge on any atom is 0.239 e. The van der Waals surface area contributed by atoms with Crippen LogP contribution in [-0.2, 0) is 11.3 Å². The normalized spacial score (nSPS) is 27.1. The Balaban J connectivity index is 1.47. The molecule has 0 saturated carbocycles. The van der Waals surface area contributed by atoms with Crippen molar-refractivity contribution in [2.75, 3.05) is 32.7 Å². The Labute approximate surface area is 131 Å². The first-order valence-electron chi connectivity index (χ1n) is 8.28. The summed E-state index contributed by atoms with van der Waals surface area (Å²) in [5.41, 5.74) is 0.918. The zero-order valence-electron chi connectivity index (χ0n) is 13.5. The summed E-state index contributed by atoms with van der Waals surface area (Å²) >= 11 is 0. The highest BCUT2D eigenvalue weighted by atomic mass is 16.5. The molecule has 122 valence electrons. The van der Waals surface area contributed by atoms with E-state index in [2.05, 4.69) is 22.3 Å². The van der Waals surface area contributed by atoms with Crippen molar-refractivity contribution in [3.05, 3.63) is 17.5 Å². The van der Waals surface area contributed by atoms with Gasteiger partial charge in [0.1, 0.15) is 0 Å². The summed E-state index contributed by atoms with van der Waals surface area (Å²) in [5.74, 6) is 1.83. The standard InChI is InChI=1S/C16H26N4O2/c1-12-3-4-17-15(9-12)16(21)20-7-5-19(6-8-20)11-14-10-13(2)18-22-14/h10,12,15,17H,3-9,11H2,1-2H3. The molecule has 22 heavy (non-hydrogen) atoms. The molecule has 1 aromatic rings. The minimum atomic E-state index is 0.0206. The molecule has 2 unspecified atom stereocenters. The van der Waals surface area contributed by atoms with Crippen LogP contribution in [0.2, 0.25) is 0 Å². The van der Waals surface area contributed by atoms with E-state index in [9.17, 15) is 4.79 Å². The van der Waals surface area contributed by atoms with Gasteiger partial charge in [0.05, 0.1) is 18.3 Å². The molecule has 1 amide bonds. The fraction of sp³-hybridized carbons (Fsp3) is 0.750. The summed E-state index contributed by atoms with van der Waals surface area (Å²) < 4.78 is 5.27. The van der Waals surface area contributed by atoms with E-state index in [4.69, 9.17) is 4.52 Å². The summed E-state index contributed by atoms with van der Waals surface area (Å²) in [6.07, 6.45) is 2.14. The number of hydrogen-bond donors (Lipinski definition) is 1. The van der Waals surface area contributed by atoms with E-state index in [1.165, 1.54) is 6.42 Å². The van der Waals surface area contributed by atoms with E-state index in [1.54, 1.807) is 0 Å². The van der Waals surface area contributed by atoms with Gasteiger partial charge in [-0.1, -0.05) is 12.1 Å². The minimum Gasteiger partial charge on any atom is -0.360 e. The molecule has 6 nitrogen and oxygen atoms in total. The van der Waals surface area contributed by atoms with E-state index in [0.717, 1.165) is 57.1 Å². The molecule has 0 aromatic carbocycles. The first-order valence-corrected chi connectivity index (χ1v) is 8.28. The Hall–Kier alpha value is -1.40. The van der Waals surface area contributed by atoms with Gasteiger partial charge >= 0.3 is 0 Å². The van der Waals surface area contributed by atoms with Crippen molar-refractivity contribution in [1.82, 2.24) is 20.3 Å². The maximum absolute atomic E-state index is 12.6. The van der Waals surface area contributed by atoms with Gasteiger partial charge in [-0.25, -0.2) is 0 Å². The van der Waals surface area contributed by atoms with E-state index < -0.39 is 0 Å². The Kier molecular flexibility index (Phi) is 4.78. The second-order valence-corrected chi connectivity index (χ2v) is 6.67. The van der Waals surface area contributed by atoms with Crippen LogP contribution in [0.4, 0.5) is 0 Å². The molecule has 1 aromatic heterocycles. The van der Waals surface area contributed by atoms with Gasteiger partial charge in [-0.3, -0.25) is 9.69 Å². The van der Waals surface area contributed by atoms with Crippen molar-refractivity contribution in [3.8, 4) is 0 Å². The molecular weight excluding hydrogens is 280 g/mol. The Morgan fingerprint density at radius 1 is 1.41 bits per heavy atom. The number of hydrogen-bond acceptors (Lipinski definition) is 5. The lowest BCUT2D eigenvalue weighted by atomic mass is 9.93. The SMILES string of the molecule is Cc1cc(CN2CCN(C(=O)C3CC(C)CCN3)CC2)on1. The van der Waals surface area contributed by atoms with Crippen LogP contribution in [0.25, 0.3) is 0 Å². The molecule has 2 aliphatic rings. The third kappa shape index (κ3) is 3.67. The first kappa shape index (κ1) is 15.5. The van der Waals surface area contributed by atoms with Crippen LogP contribution in [0.3, 0.4) is 0 Å². The smallest absolute Gasteiger partial charge is 0.239 e. The summed E-state index contributed by atoms with van der Waals surface area (Å²) in [6.45, 7) is 9.31. The number of nitrogens with one attached hydrogen (secondary N) is 1. The van der Waals surface area contributed by atoms with Crippen molar-refractivity contribution in [2.24, 2.45) is 5.92 Å². The average Bonchev–Trinajstić information content (AvgIpc) is 2.92. The second-order valence-electron chi connectivity index (χ2n) is 6.67. The zero-order valence-corrected chi connectivity index (χ0v) is 13.5. The predicted octanol–water partition coefficient (Wildman–Crippen LogP) is 1.02. The van der Waals surface area contributed by atoms with Crippen LogP contribution < -0.4 is 5.32 Å². The minimum absolute atomic E-state index is 0.0206. The molecule has 0 aliphatic carbocycles. The van der Waals surface area contributed by atoms with E-state index in [0.29, 0.717) is 5.92 Å². The quantitative estimate of drug-likeness (QED) is 0.903. The third-order valence-electron chi connectivity index (χ3n) is 4.70. The number of aryl methyl sites for hydroxylation is 1. The largest absolute Gasteiger partial charge is 0.360 e. The fourth-order valence-electron chi connectivity index (χ4n) is 3.35. The number of carbonyl (C=O) groups is 1. The molecule has 1 N–H and O–H groups in total. The molecule has 0 radical (unpaired) electrons. The summed E-state index contributed by atoms with van der Waals surface area (Å²) in [4.78, 5) is 16.9. The molecular formula is C16H26N4O2. The molecule has 0 bridgehead atoms. The van der Waals surface area contributed by atoms with E-state index >= 15 is 0 Å². The lowest BCUT2D eigenvalue weighted by Gasteiger charge is -2.37. The summed E-state index contributed by atoms with van der Waals surface area (Å²) in [6, 6.07) is 2.00. The number of piperazine rings is 1. The number of carbonyl (C=O) groups excluding carboxylic acids is 1. The van der Waals surface area contributed by atoms with Crippen molar-refractivity contribution >= 4 is 5.91 Å².